The lowest BCUT2D eigenvalue weighted by molar-refractivity contribution is -0.0734. The molecule has 0 bridgehead atoms. The van der Waals surface area contributed by atoms with Crippen LogP contribution < -0.4 is 20.2 Å². The summed E-state index contributed by atoms with van der Waals surface area (Å²) in [6, 6.07) is 19.3. The van der Waals surface area contributed by atoms with E-state index in [1.807, 2.05) is 48.5 Å². The average molecular weight is 645 g/mol. The molecule has 0 spiro atoms. The molecule has 0 aliphatic carbocycles. The Hall–Kier alpha value is -5.08. The van der Waals surface area contributed by atoms with Gasteiger partial charge < -0.3 is 24.4 Å². The van der Waals surface area contributed by atoms with E-state index in [2.05, 4.69) is 25.0 Å². The molecule has 2 aliphatic heterocycles. The second-order valence-corrected chi connectivity index (χ2v) is 11.7. The Balaban J connectivity index is 0.931. The Bertz CT molecular complexity index is 1860. The highest BCUT2D eigenvalue weighted by molar-refractivity contribution is 5.54. The Labute approximate surface area is 269 Å². The molecule has 0 saturated carbocycles. The lowest BCUT2D eigenvalue weighted by Gasteiger charge is -2.37. The van der Waals surface area contributed by atoms with Gasteiger partial charge in [-0.2, -0.15) is 14.9 Å². The molecule has 5 aromatic rings. The lowest BCUT2D eigenvalue weighted by atomic mass is 9.90. The molecule has 47 heavy (non-hydrogen) atoms. The fourth-order valence-electron chi connectivity index (χ4n) is 6.38. The van der Waals surface area contributed by atoms with E-state index in [9.17, 15) is 18.7 Å². The number of piperazine rings is 1. The lowest BCUT2D eigenvalue weighted by Crippen LogP contribution is -2.46. The molecule has 0 radical (unpaired) electrons. The highest BCUT2D eigenvalue weighted by Gasteiger charge is 2.44. The van der Waals surface area contributed by atoms with Gasteiger partial charge in [-0.1, -0.05) is 6.07 Å². The van der Waals surface area contributed by atoms with Crippen molar-refractivity contribution in [3.05, 3.63) is 113 Å². The van der Waals surface area contributed by atoms with E-state index in [1.165, 1.54) is 29.4 Å². The first-order chi connectivity index (χ1) is 22.9. The smallest absolute Gasteiger partial charge is 0.352 e. The molecule has 2 aliphatic rings. The van der Waals surface area contributed by atoms with Crippen LogP contribution in [0.4, 0.5) is 20.2 Å². The third-order valence-electron chi connectivity index (χ3n) is 8.85. The molecule has 4 heterocycles. The quantitative estimate of drug-likeness (QED) is 0.245. The van der Waals surface area contributed by atoms with Gasteiger partial charge in [0.2, 0.25) is 0 Å². The van der Waals surface area contributed by atoms with Crippen LogP contribution >= 0.6 is 0 Å². The topological polar surface area (TPSA) is 116 Å². The van der Waals surface area contributed by atoms with Crippen molar-refractivity contribution >= 4 is 11.4 Å². The molecule has 2 aromatic heterocycles. The van der Waals surface area contributed by atoms with Crippen molar-refractivity contribution in [3.63, 3.8) is 0 Å². The second-order valence-electron chi connectivity index (χ2n) is 11.7. The predicted octanol–water partition coefficient (Wildman–Crippen LogP) is 3.33. The number of rotatable bonds is 10. The maximum atomic E-state index is 14.9. The number of hydrogen-bond acceptors (Lipinski definition) is 9. The van der Waals surface area contributed by atoms with E-state index >= 15 is 0 Å². The standard InChI is InChI=1S/C33H34F2N8O4/c34-24-1-10-30(31(35)17-24)33(19-41-21-36-20-37-41)12-11-29(47-33)18-46-28-8-6-26(7-9-28)40-15-13-39(14-16-40)25-2-4-27(5-3-25)42-22-38-43(23-44)32(42)45/h1-10,17,20-22,29,44H,11-16,18-19,23H2/t29-,33+/m1/s1. The Kier molecular flexibility index (Phi) is 8.43. The van der Waals surface area contributed by atoms with Gasteiger partial charge in [-0.3, -0.25) is 0 Å². The van der Waals surface area contributed by atoms with Crippen LogP contribution in [0.2, 0.25) is 0 Å². The Morgan fingerprint density at radius 2 is 1.57 bits per heavy atom. The maximum Gasteiger partial charge on any atom is 0.352 e. The molecule has 2 atom stereocenters. The number of benzene rings is 3. The molecule has 7 rings (SSSR count). The molecule has 0 amide bonds. The minimum Gasteiger partial charge on any atom is -0.491 e. The van der Waals surface area contributed by atoms with E-state index in [0.717, 1.165) is 48.3 Å². The molecule has 3 aromatic carbocycles. The fraction of sp³-hybridized carbons (Fsp3) is 0.333. The van der Waals surface area contributed by atoms with Gasteiger partial charge in [0.15, 0.2) is 0 Å². The highest BCUT2D eigenvalue weighted by atomic mass is 19.1. The van der Waals surface area contributed by atoms with Gasteiger partial charge in [0.1, 0.15) is 55.3 Å². The summed E-state index contributed by atoms with van der Waals surface area (Å²) in [6.07, 6.45) is 5.24. The minimum absolute atomic E-state index is 0.249. The largest absolute Gasteiger partial charge is 0.491 e. The van der Waals surface area contributed by atoms with Gasteiger partial charge >= 0.3 is 5.69 Å². The first kappa shape index (κ1) is 30.6. The molecule has 244 valence electrons. The third kappa shape index (κ3) is 6.33. The minimum atomic E-state index is -1.02. The zero-order valence-corrected chi connectivity index (χ0v) is 25.5. The summed E-state index contributed by atoms with van der Waals surface area (Å²) in [5.74, 6) is -0.578. The number of aromatic nitrogens is 6. The fourth-order valence-corrected chi connectivity index (χ4v) is 6.38. The van der Waals surface area contributed by atoms with Crippen molar-refractivity contribution in [1.29, 1.82) is 0 Å². The van der Waals surface area contributed by atoms with Crippen molar-refractivity contribution in [2.24, 2.45) is 0 Å². The van der Waals surface area contributed by atoms with Crippen LogP contribution in [0, 0.1) is 11.6 Å². The number of aliphatic hydroxyl groups excluding tert-OH is 1. The monoisotopic (exact) mass is 644 g/mol. The molecule has 12 nitrogen and oxygen atoms in total. The predicted molar refractivity (Wildman–Crippen MR) is 169 cm³/mol. The van der Waals surface area contributed by atoms with Crippen molar-refractivity contribution in [1.82, 2.24) is 29.1 Å². The molecule has 2 saturated heterocycles. The molecule has 14 heteroatoms. The summed E-state index contributed by atoms with van der Waals surface area (Å²) in [7, 11) is 0. The van der Waals surface area contributed by atoms with Gasteiger partial charge in [0.05, 0.1) is 18.3 Å². The highest BCUT2D eigenvalue weighted by Crippen LogP contribution is 2.42. The van der Waals surface area contributed by atoms with Gasteiger partial charge in [-0.15, -0.1) is 0 Å². The average Bonchev–Trinajstić information content (AvgIpc) is 3.85. The second kappa shape index (κ2) is 13.0. The van der Waals surface area contributed by atoms with Crippen LogP contribution in [0.5, 0.6) is 5.75 Å². The van der Waals surface area contributed by atoms with Crippen LogP contribution in [-0.4, -0.2) is 73.1 Å². The van der Waals surface area contributed by atoms with E-state index in [-0.39, 0.29) is 19.3 Å². The first-order valence-corrected chi connectivity index (χ1v) is 15.4. The van der Waals surface area contributed by atoms with Crippen molar-refractivity contribution in [2.75, 3.05) is 42.6 Å². The zero-order chi connectivity index (χ0) is 32.4. The van der Waals surface area contributed by atoms with E-state index in [0.29, 0.717) is 29.8 Å². The van der Waals surface area contributed by atoms with Gasteiger partial charge in [0.25, 0.3) is 0 Å². The van der Waals surface area contributed by atoms with E-state index < -0.39 is 29.7 Å². The molecular formula is C33H34F2N8O4. The van der Waals surface area contributed by atoms with E-state index in [1.54, 1.807) is 11.0 Å². The van der Waals surface area contributed by atoms with Crippen LogP contribution in [-0.2, 0) is 23.6 Å². The van der Waals surface area contributed by atoms with Crippen LogP contribution in [0.1, 0.15) is 18.4 Å². The zero-order valence-electron chi connectivity index (χ0n) is 25.5. The Morgan fingerprint density at radius 1 is 0.894 bits per heavy atom. The van der Waals surface area contributed by atoms with Crippen LogP contribution in [0.3, 0.4) is 0 Å². The summed E-state index contributed by atoms with van der Waals surface area (Å²) in [5, 5.41) is 17.3. The third-order valence-corrected chi connectivity index (χ3v) is 8.85. The van der Waals surface area contributed by atoms with Gasteiger partial charge in [0, 0.05) is 49.2 Å². The molecular weight excluding hydrogens is 610 g/mol. The number of halogens is 2. The number of nitrogens with zero attached hydrogens (tertiary/aromatic N) is 8. The number of aliphatic hydroxyl groups is 1. The van der Waals surface area contributed by atoms with Crippen molar-refractivity contribution in [2.45, 2.75) is 37.8 Å². The summed E-state index contributed by atoms with van der Waals surface area (Å²) in [5.41, 5.74) is 1.74. The summed E-state index contributed by atoms with van der Waals surface area (Å²) in [4.78, 5) is 20.9. The molecule has 0 unspecified atom stereocenters. The van der Waals surface area contributed by atoms with Crippen LogP contribution in [0.25, 0.3) is 5.69 Å². The number of hydrogen-bond donors (Lipinski definition) is 1. The summed E-state index contributed by atoms with van der Waals surface area (Å²) in [6.45, 7) is 3.43. The van der Waals surface area contributed by atoms with Crippen LogP contribution in [0.15, 0.2) is 90.5 Å². The molecule has 1 N–H and O–H groups in total. The number of ether oxygens (including phenoxy) is 2. The van der Waals surface area contributed by atoms with Crippen molar-refractivity contribution in [3.8, 4) is 11.4 Å². The molecule has 2 fully saturated rings. The number of anilines is 2. The summed E-state index contributed by atoms with van der Waals surface area (Å²) >= 11 is 0. The van der Waals surface area contributed by atoms with Gasteiger partial charge in [-0.05, 0) is 67.4 Å². The van der Waals surface area contributed by atoms with Crippen molar-refractivity contribution < 1.29 is 23.4 Å². The first-order valence-electron chi connectivity index (χ1n) is 15.4. The van der Waals surface area contributed by atoms with Gasteiger partial charge in [-0.25, -0.2) is 27.8 Å². The SMILES string of the molecule is O=c1n(-c2ccc(N3CCN(c4ccc(OC[C@H]5CC[C@](Cn6cncn6)(c6ccc(F)cc6F)O5)cc4)CC3)cc2)cnn1CO. The maximum absolute atomic E-state index is 14.9. The normalized spacial score (nSPS) is 19.8. The van der Waals surface area contributed by atoms with E-state index in [4.69, 9.17) is 9.47 Å². The Morgan fingerprint density at radius 3 is 2.19 bits per heavy atom. The summed E-state index contributed by atoms with van der Waals surface area (Å²) < 4.78 is 45.1.